The predicted molar refractivity (Wildman–Crippen MR) is 69.2 cm³/mol. The zero-order chi connectivity index (χ0) is 10.5. The van der Waals surface area contributed by atoms with Gasteiger partial charge in [-0.2, -0.15) is 0 Å². The molecule has 1 aliphatic rings. The number of thioether (sulfide) groups is 1. The molecule has 0 amide bonds. The summed E-state index contributed by atoms with van der Waals surface area (Å²) in [5, 5.41) is 4.40. The molecule has 0 spiro atoms. The van der Waals surface area contributed by atoms with Gasteiger partial charge in [0.1, 0.15) is 5.03 Å². The number of piperazine rings is 1. The van der Waals surface area contributed by atoms with E-state index in [1.54, 1.807) is 24.2 Å². The summed E-state index contributed by atoms with van der Waals surface area (Å²) in [5.41, 5.74) is 1.10. The van der Waals surface area contributed by atoms with Crippen LogP contribution in [0.1, 0.15) is 5.69 Å². The second-order valence-corrected chi connectivity index (χ2v) is 4.33. The van der Waals surface area contributed by atoms with Crippen molar-refractivity contribution in [2.45, 2.75) is 11.6 Å². The van der Waals surface area contributed by atoms with Crippen LogP contribution in [-0.4, -0.2) is 47.3 Å². The number of hydrogen-bond acceptors (Lipinski definition) is 5. The summed E-state index contributed by atoms with van der Waals surface area (Å²) in [5.74, 6) is 0. The van der Waals surface area contributed by atoms with Crippen molar-refractivity contribution in [2.24, 2.45) is 0 Å². The summed E-state index contributed by atoms with van der Waals surface area (Å²) in [6, 6.07) is 0. The third kappa shape index (κ3) is 3.59. The highest BCUT2D eigenvalue weighted by atomic mass is 35.5. The molecule has 6 heteroatoms. The van der Waals surface area contributed by atoms with Crippen LogP contribution in [0.25, 0.3) is 0 Å². The van der Waals surface area contributed by atoms with Gasteiger partial charge in [0.15, 0.2) is 0 Å². The van der Waals surface area contributed by atoms with Crippen LogP contribution < -0.4 is 5.32 Å². The summed E-state index contributed by atoms with van der Waals surface area (Å²) in [7, 11) is 0. The topological polar surface area (TPSA) is 41.1 Å². The van der Waals surface area contributed by atoms with Crippen molar-refractivity contribution < 1.29 is 0 Å². The Balaban J connectivity index is 0.00000128. The molecule has 0 radical (unpaired) electrons. The lowest BCUT2D eigenvalue weighted by Gasteiger charge is -2.27. The second kappa shape index (κ2) is 7.06. The molecular formula is C10H17ClN4S. The predicted octanol–water partition coefficient (Wildman–Crippen LogP) is 1.03. The van der Waals surface area contributed by atoms with Gasteiger partial charge in [-0.1, -0.05) is 0 Å². The Kier molecular flexibility index (Phi) is 6.05. The molecule has 1 saturated heterocycles. The summed E-state index contributed by atoms with van der Waals surface area (Å²) in [6.07, 6.45) is 5.58. The van der Waals surface area contributed by atoms with Crippen LogP contribution in [0.15, 0.2) is 17.4 Å². The van der Waals surface area contributed by atoms with Gasteiger partial charge in [0, 0.05) is 45.1 Å². The molecule has 1 aromatic heterocycles. The highest BCUT2D eigenvalue weighted by Gasteiger charge is 2.12. The smallest absolute Gasteiger partial charge is 0.119 e. The fourth-order valence-corrected chi connectivity index (χ4v) is 2.23. The van der Waals surface area contributed by atoms with Crippen LogP contribution in [0.3, 0.4) is 0 Å². The number of aromatic nitrogens is 2. The number of hydrogen-bond donors (Lipinski definition) is 1. The molecule has 1 aromatic rings. The zero-order valence-corrected chi connectivity index (χ0v) is 11.0. The maximum Gasteiger partial charge on any atom is 0.119 e. The van der Waals surface area contributed by atoms with Crippen LogP contribution >= 0.6 is 24.2 Å². The first-order chi connectivity index (χ1) is 7.40. The fourth-order valence-electron chi connectivity index (χ4n) is 1.71. The Morgan fingerprint density at radius 1 is 1.31 bits per heavy atom. The molecule has 90 valence electrons. The third-order valence-corrected chi connectivity index (χ3v) is 3.24. The van der Waals surface area contributed by atoms with Crippen LogP contribution in [-0.2, 0) is 6.54 Å². The SMILES string of the molecule is CSc1nccnc1CN1CCNCC1.Cl. The average Bonchev–Trinajstić information content (AvgIpc) is 2.31. The second-order valence-electron chi connectivity index (χ2n) is 3.54. The molecule has 0 saturated carbocycles. The minimum Gasteiger partial charge on any atom is -0.314 e. The summed E-state index contributed by atoms with van der Waals surface area (Å²) < 4.78 is 0. The van der Waals surface area contributed by atoms with E-state index in [-0.39, 0.29) is 12.4 Å². The van der Waals surface area contributed by atoms with Gasteiger partial charge >= 0.3 is 0 Å². The standard InChI is InChI=1S/C10H16N4S.ClH/c1-15-10-9(12-2-3-13-10)8-14-6-4-11-5-7-14;/h2-3,11H,4-8H2,1H3;1H. The van der Waals surface area contributed by atoms with Crippen molar-refractivity contribution in [3.63, 3.8) is 0 Å². The van der Waals surface area contributed by atoms with Gasteiger partial charge in [-0.15, -0.1) is 24.2 Å². The van der Waals surface area contributed by atoms with Crippen LogP contribution in [0.2, 0.25) is 0 Å². The molecule has 4 nitrogen and oxygen atoms in total. The molecule has 0 aliphatic carbocycles. The lowest BCUT2D eigenvalue weighted by Crippen LogP contribution is -2.43. The zero-order valence-electron chi connectivity index (χ0n) is 9.35. The Hall–Kier alpha value is -0.360. The van der Waals surface area contributed by atoms with Gasteiger partial charge < -0.3 is 5.32 Å². The molecule has 0 unspecified atom stereocenters. The molecule has 1 fully saturated rings. The van der Waals surface area contributed by atoms with E-state index in [2.05, 4.69) is 20.2 Å². The van der Waals surface area contributed by atoms with Gasteiger partial charge in [-0.3, -0.25) is 9.88 Å². The van der Waals surface area contributed by atoms with E-state index in [1.165, 1.54) is 0 Å². The molecular weight excluding hydrogens is 244 g/mol. The molecule has 1 N–H and O–H groups in total. The van der Waals surface area contributed by atoms with Gasteiger partial charge in [0.05, 0.1) is 5.69 Å². The van der Waals surface area contributed by atoms with Crippen molar-refractivity contribution in [3.05, 3.63) is 18.1 Å². The van der Waals surface area contributed by atoms with Crippen LogP contribution in [0, 0.1) is 0 Å². The van der Waals surface area contributed by atoms with E-state index < -0.39 is 0 Å². The van der Waals surface area contributed by atoms with Crippen molar-refractivity contribution in [2.75, 3.05) is 32.4 Å². The molecule has 2 heterocycles. The first-order valence-electron chi connectivity index (χ1n) is 5.17. The normalized spacial score (nSPS) is 16.8. The number of halogens is 1. The van der Waals surface area contributed by atoms with E-state index in [1.807, 2.05) is 6.26 Å². The fraction of sp³-hybridized carbons (Fsp3) is 0.600. The first-order valence-corrected chi connectivity index (χ1v) is 6.39. The maximum atomic E-state index is 4.40. The number of nitrogens with one attached hydrogen (secondary N) is 1. The van der Waals surface area contributed by atoms with Gasteiger partial charge in [0.25, 0.3) is 0 Å². The van der Waals surface area contributed by atoms with Crippen molar-refractivity contribution in [1.82, 2.24) is 20.2 Å². The molecule has 0 aromatic carbocycles. The van der Waals surface area contributed by atoms with E-state index >= 15 is 0 Å². The Morgan fingerprint density at radius 2 is 2.00 bits per heavy atom. The maximum absolute atomic E-state index is 4.40. The molecule has 0 atom stereocenters. The molecule has 1 aliphatic heterocycles. The van der Waals surface area contributed by atoms with E-state index in [0.717, 1.165) is 43.4 Å². The Labute approximate surface area is 107 Å². The van der Waals surface area contributed by atoms with E-state index in [4.69, 9.17) is 0 Å². The number of nitrogens with zero attached hydrogens (tertiary/aromatic N) is 3. The molecule has 0 bridgehead atoms. The lowest BCUT2D eigenvalue weighted by molar-refractivity contribution is 0.228. The summed E-state index contributed by atoms with van der Waals surface area (Å²) >= 11 is 1.67. The van der Waals surface area contributed by atoms with Crippen LogP contribution in [0.5, 0.6) is 0 Å². The van der Waals surface area contributed by atoms with Gasteiger partial charge in [-0.25, -0.2) is 4.98 Å². The molecule has 16 heavy (non-hydrogen) atoms. The highest BCUT2D eigenvalue weighted by Crippen LogP contribution is 2.16. The highest BCUT2D eigenvalue weighted by molar-refractivity contribution is 7.98. The monoisotopic (exact) mass is 260 g/mol. The van der Waals surface area contributed by atoms with E-state index in [9.17, 15) is 0 Å². The van der Waals surface area contributed by atoms with E-state index in [0.29, 0.717) is 0 Å². The largest absolute Gasteiger partial charge is 0.314 e. The third-order valence-electron chi connectivity index (χ3n) is 2.51. The van der Waals surface area contributed by atoms with Gasteiger partial charge in [0.2, 0.25) is 0 Å². The quantitative estimate of drug-likeness (QED) is 0.822. The first kappa shape index (κ1) is 13.7. The van der Waals surface area contributed by atoms with Gasteiger partial charge in [-0.05, 0) is 6.26 Å². The van der Waals surface area contributed by atoms with Crippen LogP contribution in [0.4, 0.5) is 0 Å². The summed E-state index contributed by atoms with van der Waals surface area (Å²) in [4.78, 5) is 11.1. The van der Waals surface area contributed by atoms with Crippen molar-refractivity contribution >= 4 is 24.2 Å². The summed E-state index contributed by atoms with van der Waals surface area (Å²) in [6.45, 7) is 5.28. The Morgan fingerprint density at radius 3 is 2.69 bits per heavy atom. The van der Waals surface area contributed by atoms with Crippen molar-refractivity contribution in [3.8, 4) is 0 Å². The lowest BCUT2D eigenvalue weighted by atomic mass is 10.3. The minimum absolute atomic E-state index is 0. The average molecular weight is 261 g/mol. The Bertz CT molecular complexity index is 317. The number of rotatable bonds is 3. The minimum atomic E-state index is 0. The van der Waals surface area contributed by atoms with Crippen molar-refractivity contribution in [1.29, 1.82) is 0 Å². The molecule has 2 rings (SSSR count).